The molecule has 32 heavy (non-hydrogen) atoms. The molecule has 4 heterocycles. The Morgan fingerprint density at radius 3 is 2.75 bits per heavy atom. The fourth-order valence-corrected chi connectivity index (χ4v) is 4.30. The van der Waals surface area contributed by atoms with E-state index in [0.717, 1.165) is 55.0 Å². The van der Waals surface area contributed by atoms with Crippen molar-refractivity contribution in [1.29, 1.82) is 0 Å². The van der Waals surface area contributed by atoms with Crippen molar-refractivity contribution in [2.24, 2.45) is 0 Å². The lowest BCUT2D eigenvalue weighted by atomic mass is 9.92. The van der Waals surface area contributed by atoms with Gasteiger partial charge in [-0.25, -0.2) is 9.97 Å². The predicted molar refractivity (Wildman–Crippen MR) is 125 cm³/mol. The van der Waals surface area contributed by atoms with Crippen molar-refractivity contribution in [2.75, 3.05) is 45.3 Å². The maximum Gasteiger partial charge on any atom is 0.255 e. The van der Waals surface area contributed by atoms with Gasteiger partial charge in [-0.3, -0.25) is 9.78 Å². The summed E-state index contributed by atoms with van der Waals surface area (Å²) >= 11 is 0. The van der Waals surface area contributed by atoms with E-state index in [1.165, 1.54) is 0 Å². The topological polar surface area (TPSA) is 76.4 Å². The number of aromatic nitrogens is 4. The summed E-state index contributed by atoms with van der Waals surface area (Å²) < 4.78 is 7.47. The van der Waals surface area contributed by atoms with Crippen molar-refractivity contribution < 1.29 is 9.53 Å². The Bertz CT molecular complexity index is 1060. The van der Waals surface area contributed by atoms with Gasteiger partial charge in [0.1, 0.15) is 5.52 Å². The van der Waals surface area contributed by atoms with E-state index in [0.29, 0.717) is 24.1 Å². The van der Waals surface area contributed by atoms with Crippen molar-refractivity contribution in [3.8, 4) is 0 Å². The third kappa shape index (κ3) is 4.46. The van der Waals surface area contributed by atoms with Crippen LogP contribution >= 0.6 is 0 Å². The quantitative estimate of drug-likeness (QED) is 0.564. The number of hydrogen-bond acceptors (Lipinski definition) is 6. The minimum Gasteiger partial charge on any atom is -0.383 e. The number of carbonyl (C=O) groups excluding carboxylic acids is 1. The summed E-state index contributed by atoms with van der Waals surface area (Å²) in [4.78, 5) is 30.7. The van der Waals surface area contributed by atoms with E-state index in [1.807, 2.05) is 24.3 Å². The Morgan fingerprint density at radius 2 is 2.09 bits per heavy atom. The number of piperidine rings is 1. The number of pyridine rings is 2. The van der Waals surface area contributed by atoms with Crippen molar-refractivity contribution in [3.63, 3.8) is 0 Å². The van der Waals surface area contributed by atoms with E-state index in [-0.39, 0.29) is 5.91 Å². The van der Waals surface area contributed by atoms with E-state index in [1.54, 1.807) is 25.6 Å². The van der Waals surface area contributed by atoms with Crippen molar-refractivity contribution in [1.82, 2.24) is 24.4 Å². The zero-order valence-corrected chi connectivity index (χ0v) is 19.4. The lowest BCUT2D eigenvalue weighted by Crippen LogP contribution is -2.38. The molecule has 4 rings (SSSR count). The first kappa shape index (κ1) is 22.2. The molecule has 0 aliphatic carbocycles. The molecule has 0 saturated carbocycles. The van der Waals surface area contributed by atoms with Gasteiger partial charge in [-0.1, -0.05) is 0 Å². The molecule has 1 saturated heterocycles. The van der Waals surface area contributed by atoms with E-state index in [4.69, 9.17) is 9.72 Å². The third-order valence-corrected chi connectivity index (χ3v) is 6.22. The number of likely N-dealkylation sites (tertiary alicyclic amines) is 1. The molecule has 0 unspecified atom stereocenters. The van der Waals surface area contributed by atoms with Gasteiger partial charge in [-0.05, 0) is 44.9 Å². The van der Waals surface area contributed by atoms with Gasteiger partial charge in [0.05, 0.1) is 24.0 Å². The molecule has 0 spiro atoms. The Labute approximate surface area is 189 Å². The Hall–Kier alpha value is -3.00. The molecule has 3 aromatic rings. The number of anilines is 1. The fourth-order valence-electron chi connectivity index (χ4n) is 4.30. The van der Waals surface area contributed by atoms with E-state index >= 15 is 0 Å². The highest BCUT2D eigenvalue weighted by Crippen LogP contribution is 2.33. The average molecular weight is 437 g/mol. The first-order chi connectivity index (χ1) is 15.5. The summed E-state index contributed by atoms with van der Waals surface area (Å²) in [7, 11) is 3.75. The highest BCUT2D eigenvalue weighted by atomic mass is 16.5. The number of ether oxygens (including phenoxy) is 1. The molecule has 0 aromatic carbocycles. The van der Waals surface area contributed by atoms with Gasteiger partial charge in [0.2, 0.25) is 0 Å². The van der Waals surface area contributed by atoms with Crippen LogP contribution in [0.2, 0.25) is 0 Å². The van der Waals surface area contributed by atoms with Crippen LogP contribution in [0.25, 0.3) is 11.0 Å². The summed E-state index contributed by atoms with van der Waals surface area (Å²) in [6, 6.07) is 6.13. The van der Waals surface area contributed by atoms with Crippen molar-refractivity contribution in [2.45, 2.75) is 38.6 Å². The number of imidazole rings is 1. The van der Waals surface area contributed by atoms with Crippen LogP contribution in [-0.4, -0.2) is 70.7 Å². The molecule has 0 bridgehead atoms. The molecule has 1 aliphatic heterocycles. The predicted octanol–water partition coefficient (Wildman–Crippen LogP) is 3.51. The van der Waals surface area contributed by atoms with Crippen LogP contribution in [0.5, 0.6) is 0 Å². The number of rotatable bonds is 7. The normalized spacial score (nSPS) is 15.0. The van der Waals surface area contributed by atoms with Gasteiger partial charge >= 0.3 is 0 Å². The number of fused-ring (bicyclic) bond motifs is 1. The summed E-state index contributed by atoms with van der Waals surface area (Å²) in [5, 5.41) is 0. The lowest BCUT2D eigenvalue weighted by molar-refractivity contribution is 0.0711. The number of nitrogens with zero attached hydrogens (tertiary/aromatic N) is 6. The fraction of sp³-hybridized carbons (Fsp3) is 0.500. The van der Waals surface area contributed by atoms with Crippen LogP contribution in [0.15, 0.2) is 36.9 Å². The Kier molecular flexibility index (Phi) is 6.69. The standard InChI is InChI=1S/C24H32N6O2/c1-17(2)30-16-26-22-21(30)14-20(27-23(22)28(3)12-13-32-4)18-7-10-29(11-8-18)24(31)19-6-5-9-25-15-19/h5-6,9,14-18H,7-8,10-13H2,1-4H3. The molecule has 170 valence electrons. The molecule has 0 atom stereocenters. The second kappa shape index (κ2) is 9.65. The first-order valence-electron chi connectivity index (χ1n) is 11.3. The summed E-state index contributed by atoms with van der Waals surface area (Å²) in [5.41, 5.74) is 3.75. The van der Waals surface area contributed by atoms with Crippen LogP contribution in [0, 0.1) is 0 Å². The number of likely N-dealkylation sites (N-methyl/N-ethyl adjacent to an activating group) is 1. The van der Waals surface area contributed by atoms with E-state index in [2.05, 4.69) is 39.3 Å². The van der Waals surface area contributed by atoms with Gasteiger partial charge in [0.15, 0.2) is 5.82 Å². The summed E-state index contributed by atoms with van der Waals surface area (Å²) in [6.45, 7) is 7.14. The van der Waals surface area contributed by atoms with Crippen LogP contribution < -0.4 is 4.90 Å². The Morgan fingerprint density at radius 1 is 1.31 bits per heavy atom. The second-order valence-corrected chi connectivity index (χ2v) is 8.71. The highest BCUT2D eigenvalue weighted by molar-refractivity contribution is 5.94. The molecule has 1 aliphatic rings. The second-order valence-electron chi connectivity index (χ2n) is 8.71. The van der Waals surface area contributed by atoms with Crippen LogP contribution in [0.1, 0.15) is 54.7 Å². The van der Waals surface area contributed by atoms with E-state index < -0.39 is 0 Å². The van der Waals surface area contributed by atoms with Gasteiger partial charge in [-0.2, -0.15) is 0 Å². The molecular formula is C24H32N6O2. The zero-order valence-electron chi connectivity index (χ0n) is 19.4. The molecule has 8 heteroatoms. The van der Waals surface area contributed by atoms with Crippen LogP contribution in [0.4, 0.5) is 5.82 Å². The minimum atomic E-state index is 0.0535. The molecule has 0 N–H and O–H groups in total. The summed E-state index contributed by atoms with van der Waals surface area (Å²) in [5.74, 6) is 1.25. The molecule has 1 amide bonds. The smallest absolute Gasteiger partial charge is 0.255 e. The summed E-state index contributed by atoms with van der Waals surface area (Å²) in [6.07, 6.45) is 7.01. The van der Waals surface area contributed by atoms with Crippen LogP contribution in [0.3, 0.4) is 0 Å². The molecule has 3 aromatic heterocycles. The Balaban J connectivity index is 1.58. The van der Waals surface area contributed by atoms with Crippen molar-refractivity contribution in [3.05, 3.63) is 48.2 Å². The number of hydrogen-bond donors (Lipinski definition) is 0. The molecular weight excluding hydrogens is 404 g/mol. The van der Waals surface area contributed by atoms with E-state index in [9.17, 15) is 4.79 Å². The average Bonchev–Trinajstić information content (AvgIpc) is 3.26. The maximum atomic E-state index is 12.8. The number of carbonyl (C=O) groups is 1. The van der Waals surface area contributed by atoms with Gasteiger partial charge in [0, 0.05) is 63.8 Å². The monoisotopic (exact) mass is 436 g/mol. The molecule has 1 fully saturated rings. The number of amides is 1. The largest absolute Gasteiger partial charge is 0.383 e. The van der Waals surface area contributed by atoms with Crippen molar-refractivity contribution >= 4 is 22.8 Å². The maximum absolute atomic E-state index is 12.8. The zero-order chi connectivity index (χ0) is 22.7. The molecule has 0 radical (unpaired) electrons. The van der Waals surface area contributed by atoms with Gasteiger partial charge in [0.25, 0.3) is 5.91 Å². The molecule has 8 nitrogen and oxygen atoms in total. The first-order valence-corrected chi connectivity index (χ1v) is 11.3. The third-order valence-electron chi connectivity index (χ3n) is 6.22. The minimum absolute atomic E-state index is 0.0535. The van der Waals surface area contributed by atoms with Gasteiger partial charge in [-0.15, -0.1) is 0 Å². The van der Waals surface area contributed by atoms with Gasteiger partial charge < -0.3 is 19.1 Å². The number of methoxy groups -OCH3 is 1. The highest BCUT2D eigenvalue weighted by Gasteiger charge is 2.27. The lowest BCUT2D eigenvalue weighted by Gasteiger charge is -2.32. The van der Waals surface area contributed by atoms with Crippen LogP contribution in [-0.2, 0) is 4.74 Å². The SMILES string of the molecule is COCCN(C)c1nc(C2CCN(C(=O)c3cccnc3)CC2)cc2c1ncn2C(C)C.